The van der Waals surface area contributed by atoms with Gasteiger partial charge in [-0.3, -0.25) is 4.98 Å². The molecule has 0 aliphatic heterocycles. The van der Waals surface area contributed by atoms with E-state index in [-0.39, 0.29) is 0 Å². The molecule has 0 spiro atoms. The van der Waals surface area contributed by atoms with Crippen LogP contribution in [0.15, 0.2) is 24.4 Å². The van der Waals surface area contributed by atoms with E-state index in [9.17, 15) is 0 Å². The van der Waals surface area contributed by atoms with E-state index >= 15 is 0 Å². The predicted molar refractivity (Wildman–Crippen MR) is 52.1 cm³/mol. The molecule has 3 heteroatoms. The van der Waals surface area contributed by atoms with Crippen molar-refractivity contribution >= 4 is 13.2 Å². The maximum atomic E-state index is 4.19. The highest BCUT2D eigenvalue weighted by Gasteiger charge is 2.00. The summed E-state index contributed by atoms with van der Waals surface area (Å²) in [7, 11) is 0. The van der Waals surface area contributed by atoms with Gasteiger partial charge >= 0.3 is 0 Å². The Kier molecular flexibility index (Phi) is 1.70. The largest absolute Gasteiger partial charge is 0.337 e. The summed E-state index contributed by atoms with van der Waals surface area (Å²) in [6, 6.07) is 5.66. The highest BCUT2D eigenvalue weighted by molar-refractivity contribution is 5.48. The molecule has 2 aromatic rings. The molecule has 0 aromatic carbocycles. The summed E-state index contributed by atoms with van der Waals surface area (Å²) >= 11 is 0. The number of rotatable bonds is 1. The maximum Gasteiger partial charge on any atom is 0.157 e. The van der Waals surface area contributed by atoms with Crippen LogP contribution in [0, 0.1) is 0 Å². The maximum absolute atomic E-state index is 4.19. The molecule has 64 valence electrons. The minimum absolute atomic E-state index is 0.667. The third-order valence-electron chi connectivity index (χ3n) is 1.77. The van der Waals surface area contributed by atoms with Gasteiger partial charge in [0.25, 0.3) is 0 Å². The van der Waals surface area contributed by atoms with Gasteiger partial charge in [-0.1, -0.05) is 19.2 Å². The average Bonchev–Trinajstić information content (AvgIpc) is 2.49. The number of hydrogen-bond acceptors (Lipinski definition) is 2. The van der Waals surface area contributed by atoms with Crippen molar-refractivity contribution in [1.82, 2.24) is 15.0 Å². The Hall–Kier alpha value is -1.90. The number of H-pyrrole nitrogens is 1. The Morgan fingerprint density at radius 2 is 2.08 bits per heavy atom. The predicted octanol–water partition coefficient (Wildman–Crippen LogP) is 0.292. The number of hydrogen-bond donors (Lipinski definition) is 1. The zero-order valence-corrected chi connectivity index (χ0v) is 7.12. The van der Waals surface area contributed by atoms with Gasteiger partial charge in [0.05, 0.1) is 10.7 Å². The first-order valence-corrected chi connectivity index (χ1v) is 3.92. The van der Waals surface area contributed by atoms with Crippen molar-refractivity contribution in [2.75, 3.05) is 0 Å². The van der Waals surface area contributed by atoms with Crippen LogP contribution in [0.4, 0.5) is 0 Å². The molecule has 0 aliphatic carbocycles. The first kappa shape index (κ1) is 7.73. The molecular formula is C10H9N3. The number of imidazole rings is 1. The van der Waals surface area contributed by atoms with Gasteiger partial charge in [-0.25, -0.2) is 4.98 Å². The molecule has 0 unspecified atom stereocenters. The van der Waals surface area contributed by atoms with Gasteiger partial charge in [0.15, 0.2) is 5.82 Å². The Bertz CT molecular complexity index is 471. The van der Waals surface area contributed by atoms with Crippen molar-refractivity contribution < 1.29 is 0 Å². The van der Waals surface area contributed by atoms with Crippen LogP contribution >= 0.6 is 0 Å². The highest BCUT2D eigenvalue weighted by atomic mass is 14.9. The number of pyridine rings is 1. The van der Waals surface area contributed by atoms with Crippen molar-refractivity contribution in [3.8, 4) is 11.5 Å². The van der Waals surface area contributed by atoms with E-state index in [0.717, 1.165) is 16.9 Å². The summed E-state index contributed by atoms with van der Waals surface area (Å²) in [4.78, 5) is 11.4. The minimum Gasteiger partial charge on any atom is -0.337 e. The Labute approximate surface area is 75.5 Å². The van der Waals surface area contributed by atoms with Crippen molar-refractivity contribution in [1.29, 1.82) is 0 Å². The zero-order chi connectivity index (χ0) is 9.26. The van der Waals surface area contributed by atoms with E-state index in [1.54, 1.807) is 6.20 Å². The highest BCUT2D eigenvalue weighted by Crippen LogP contribution is 2.05. The van der Waals surface area contributed by atoms with Crippen LogP contribution in [0.2, 0.25) is 0 Å². The molecular weight excluding hydrogens is 162 g/mol. The van der Waals surface area contributed by atoms with Crippen LogP contribution in [0.5, 0.6) is 0 Å². The molecule has 2 aromatic heterocycles. The van der Waals surface area contributed by atoms with E-state index in [2.05, 4.69) is 28.1 Å². The van der Waals surface area contributed by atoms with Gasteiger partial charge in [0.1, 0.15) is 5.69 Å². The van der Waals surface area contributed by atoms with E-state index in [1.165, 1.54) is 0 Å². The summed E-state index contributed by atoms with van der Waals surface area (Å²) < 4.78 is 0. The van der Waals surface area contributed by atoms with E-state index in [1.807, 2.05) is 18.2 Å². The van der Waals surface area contributed by atoms with Crippen molar-refractivity contribution in [2.24, 2.45) is 0 Å². The zero-order valence-electron chi connectivity index (χ0n) is 7.12. The molecule has 0 saturated heterocycles. The molecule has 2 rings (SSSR count). The molecule has 0 atom stereocenters. The molecule has 2 heterocycles. The Balaban J connectivity index is 2.60. The third kappa shape index (κ3) is 1.36. The number of aromatic nitrogens is 3. The Morgan fingerprint density at radius 3 is 2.62 bits per heavy atom. The topological polar surface area (TPSA) is 41.6 Å². The van der Waals surface area contributed by atoms with E-state index in [4.69, 9.17) is 0 Å². The number of nitrogens with one attached hydrogen (secondary N) is 1. The van der Waals surface area contributed by atoms with E-state index in [0.29, 0.717) is 5.35 Å². The Morgan fingerprint density at radius 1 is 1.23 bits per heavy atom. The smallest absolute Gasteiger partial charge is 0.157 e. The molecule has 0 aliphatic rings. The fourth-order valence-electron chi connectivity index (χ4n) is 1.07. The normalized spacial score (nSPS) is 10.2. The van der Waals surface area contributed by atoms with Crippen LogP contribution in [-0.4, -0.2) is 15.0 Å². The molecule has 0 amide bonds. The molecule has 3 nitrogen and oxygen atoms in total. The van der Waals surface area contributed by atoms with Crippen LogP contribution in [0.3, 0.4) is 0 Å². The summed E-state index contributed by atoms with van der Waals surface area (Å²) in [5.41, 5.74) is 0.808. The standard InChI is InChI=1S/C10H9N3/c1-7-8(2)13-10(12-7)9-5-3-4-6-11-9/h3-6H,1-2H2,(H,12,13). The fourth-order valence-corrected chi connectivity index (χ4v) is 1.07. The van der Waals surface area contributed by atoms with Gasteiger partial charge in [-0.15, -0.1) is 0 Å². The quantitative estimate of drug-likeness (QED) is 0.670. The van der Waals surface area contributed by atoms with Gasteiger partial charge in [-0.2, -0.15) is 0 Å². The summed E-state index contributed by atoms with van der Waals surface area (Å²) in [5, 5.41) is 1.40. The minimum atomic E-state index is 0.667. The molecule has 0 fully saturated rings. The first-order valence-electron chi connectivity index (χ1n) is 3.92. The number of aromatic amines is 1. The van der Waals surface area contributed by atoms with Gasteiger partial charge < -0.3 is 4.98 Å². The van der Waals surface area contributed by atoms with Crippen LogP contribution < -0.4 is 10.7 Å². The van der Waals surface area contributed by atoms with Crippen LogP contribution in [-0.2, 0) is 0 Å². The lowest BCUT2D eigenvalue weighted by atomic mass is 10.3. The SMILES string of the molecule is C=c1nc(-c2ccccn2)[nH]c1=C. The van der Waals surface area contributed by atoms with Crippen LogP contribution in [0.1, 0.15) is 0 Å². The van der Waals surface area contributed by atoms with Gasteiger partial charge in [0.2, 0.25) is 0 Å². The molecule has 0 radical (unpaired) electrons. The average molecular weight is 171 g/mol. The van der Waals surface area contributed by atoms with Gasteiger partial charge in [0, 0.05) is 6.20 Å². The number of nitrogens with zero attached hydrogens (tertiary/aromatic N) is 2. The summed E-state index contributed by atoms with van der Waals surface area (Å²) in [5.74, 6) is 0.718. The van der Waals surface area contributed by atoms with Crippen molar-refractivity contribution in [2.45, 2.75) is 0 Å². The van der Waals surface area contributed by atoms with Crippen molar-refractivity contribution in [3.63, 3.8) is 0 Å². The lowest BCUT2D eigenvalue weighted by Gasteiger charge is -1.91. The monoisotopic (exact) mass is 171 g/mol. The van der Waals surface area contributed by atoms with Gasteiger partial charge in [-0.05, 0) is 12.1 Å². The second kappa shape index (κ2) is 2.86. The van der Waals surface area contributed by atoms with Crippen molar-refractivity contribution in [3.05, 3.63) is 35.1 Å². The van der Waals surface area contributed by atoms with Crippen LogP contribution in [0.25, 0.3) is 24.7 Å². The molecule has 0 bridgehead atoms. The lowest BCUT2D eigenvalue weighted by Crippen LogP contribution is -2.19. The molecule has 0 saturated carbocycles. The second-order valence-corrected chi connectivity index (χ2v) is 2.73. The van der Waals surface area contributed by atoms with E-state index < -0.39 is 0 Å². The summed E-state index contributed by atoms with van der Waals surface area (Å²) in [6.45, 7) is 7.49. The second-order valence-electron chi connectivity index (χ2n) is 2.73. The lowest BCUT2D eigenvalue weighted by molar-refractivity contribution is 1.21. The fraction of sp³-hybridized carbons (Fsp3) is 0. The third-order valence-corrected chi connectivity index (χ3v) is 1.77. The molecule has 13 heavy (non-hydrogen) atoms. The molecule has 1 N–H and O–H groups in total. The summed E-state index contributed by atoms with van der Waals surface area (Å²) in [6.07, 6.45) is 1.73. The first-order chi connectivity index (χ1) is 6.27.